The van der Waals surface area contributed by atoms with Crippen LogP contribution in [0.1, 0.15) is 37.6 Å². The summed E-state index contributed by atoms with van der Waals surface area (Å²) in [6, 6.07) is 13.7. The number of pyridine rings is 1. The van der Waals surface area contributed by atoms with Crippen LogP contribution in [0.3, 0.4) is 0 Å². The highest BCUT2D eigenvalue weighted by molar-refractivity contribution is 6.39. The molecule has 0 radical (unpaired) electrons. The zero-order valence-corrected chi connectivity index (χ0v) is 15.9. The van der Waals surface area contributed by atoms with Gasteiger partial charge >= 0.3 is 0 Å². The fourth-order valence-corrected chi connectivity index (χ4v) is 3.10. The van der Waals surface area contributed by atoms with Crippen LogP contribution in [-0.2, 0) is 5.41 Å². The number of nitrogens with zero attached hydrogens (tertiary/aromatic N) is 1. The highest BCUT2D eigenvalue weighted by Gasteiger charge is 2.12. The van der Waals surface area contributed by atoms with Crippen molar-refractivity contribution < 1.29 is 5.11 Å². The topological polar surface area (TPSA) is 33.1 Å². The van der Waals surface area contributed by atoms with Crippen LogP contribution in [-0.4, -0.2) is 10.1 Å². The molecule has 0 saturated carbocycles. The molecule has 1 heterocycles. The lowest BCUT2D eigenvalue weighted by molar-refractivity contribution is 0.480. The summed E-state index contributed by atoms with van der Waals surface area (Å²) in [6.45, 7) is 6.58. The minimum absolute atomic E-state index is 0.0501. The maximum absolute atomic E-state index is 10.1. The number of phenols is 1. The quantitative estimate of drug-likeness (QED) is 0.542. The zero-order valence-electron chi connectivity index (χ0n) is 14.3. The van der Waals surface area contributed by atoms with E-state index in [0.717, 1.165) is 11.3 Å². The van der Waals surface area contributed by atoms with Gasteiger partial charge in [0, 0.05) is 5.39 Å². The van der Waals surface area contributed by atoms with Crippen LogP contribution in [0.5, 0.6) is 5.75 Å². The number of hydrogen-bond acceptors (Lipinski definition) is 2. The van der Waals surface area contributed by atoms with Crippen LogP contribution in [0, 0.1) is 0 Å². The van der Waals surface area contributed by atoms with Crippen molar-refractivity contribution in [2.75, 3.05) is 0 Å². The molecule has 0 bridgehead atoms. The van der Waals surface area contributed by atoms with Gasteiger partial charge in [-0.2, -0.15) is 0 Å². The smallest absolute Gasteiger partial charge is 0.160 e. The summed E-state index contributed by atoms with van der Waals surface area (Å²) in [5, 5.41) is 11.5. The van der Waals surface area contributed by atoms with E-state index < -0.39 is 0 Å². The third-order valence-corrected chi connectivity index (χ3v) is 4.70. The van der Waals surface area contributed by atoms with Crippen molar-refractivity contribution in [3.63, 3.8) is 0 Å². The van der Waals surface area contributed by atoms with E-state index in [-0.39, 0.29) is 16.2 Å². The van der Waals surface area contributed by atoms with E-state index in [9.17, 15) is 5.11 Å². The maximum atomic E-state index is 10.1. The second-order valence-electron chi connectivity index (χ2n) is 7.03. The summed E-state index contributed by atoms with van der Waals surface area (Å²) < 4.78 is 0. The molecule has 3 rings (SSSR count). The van der Waals surface area contributed by atoms with Gasteiger partial charge in [-0.15, -0.1) is 0 Å². The van der Waals surface area contributed by atoms with Crippen LogP contribution in [0.4, 0.5) is 0 Å². The Morgan fingerprint density at radius 3 is 2.24 bits per heavy atom. The Balaban J connectivity index is 1.92. The summed E-state index contributed by atoms with van der Waals surface area (Å²) in [5.41, 5.74) is 3.65. The summed E-state index contributed by atoms with van der Waals surface area (Å²) in [4.78, 5) is 4.46. The Morgan fingerprint density at radius 1 is 0.920 bits per heavy atom. The molecular formula is C21H19Cl2NO. The third kappa shape index (κ3) is 3.81. The first-order valence-corrected chi connectivity index (χ1v) is 8.77. The molecule has 1 N–H and O–H groups in total. The monoisotopic (exact) mass is 371 g/mol. The van der Waals surface area contributed by atoms with Crippen molar-refractivity contribution in [2.45, 2.75) is 26.2 Å². The van der Waals surface area contributed by atoms with Crippen LogP contribution in [0.25, 0.3) is 23.1 Å². The van der Waals surface area contributed by atoms with E-state index in [1.54, 1.807) is 0 Å². The van der Waals surface area contributed by atoms with Gasteiger partial charge in [-0.1, -0.05) is 74.3 Å². The van der Waals surface area contributed by atoms with E-state index in [1.807, 2.05) is 24.3 Å². The zero-order chi connectivity index (χ0) is 18.2. The van der Waals surface area contributed by atoms with E-state index in [1.165, 1.54) is 11.6 Å². The Hall–Kier alpha value is -2.03. The minimum Gasteiger partial charge on any atom is -0.504 e. The van der Waals surface area contributed by atoms with Gasteiger partial charge in [0.2, 0.25) is 0 Å². The molecule has 0 spiro atoms. The van der Waals surface area contributed by atoms with Crippen molar-refractivity contribution in [2.24, 2.45) is 0 Å². The molecule has 0 unspecified atom stereocenters. The van der Waals surface area contributed by atoms with Crippen molar-refractivity contribution in [3.8, 4) is 5.75 Å². The van der Waals surface area contributed by atoms with Gasteiger partial charge in [0.25, 0.3) is 0 Å². The average Bonchev–Trinajstić information content (AvgIpc) is 2.57. The highest BCUT2D eigenvalue weighted by Crippen LogP contribution is 2.36. The van der Waals surface area contributed by atoms with Crippen molar-refractivity contribution >= 4 is 46.3 Å². The second kappa shape index (κ2) is 6.70. The molecule has 0 fully saturated rings. The number of rotatable bonds is 2. The lowest BCUT2D eigenvalue weighted by atomic mass is 9.87. The SMILES string of the molecule is CC(C)(C)c1ccc(/C=C/c2ccc3c(Cl)cc(Cl)c(O)c3n2)cc1. The molecule has 1 aromatic heterocycles. The predicted octanol–water partition coefficient (Wildman–Crippen LogP) is 6.72. The van der Waals surface area contributed by atoms with E-state index in [2.05, 4.69) is 50.0 Å². The summed E-state index contributed by atoms with van der Waals surface area (Å²) >= 11 is 12.1. The normalized spacial score (nSPS) is 12.2. The maximum Gasteiger partial charge on any atom is 0.160 e. The van der Waals surface area contributed by atoms with Gasteiger partial charge in [-0.05, 0) is 40.8 Å². The van der Waals surface area contributed by atoms with Crippen molar-refractivity contribution in [3.05, 3.63) is 69.3 Å². The molecule has 2 aromatic carbocycles. The molecule has 2 nitrogen and oxygen atoms in total. The number of aromatic hydroxyl groups is 1. The predicted molar refractivity (Wildman–Crippen MR) is 107 cm³/mol. The third-order valence-electron chi connectivity index (χ3n) is 4.10. The first-order valence-electron chi connectivity index (χ1n) is 8.02. The highest BCUT2D eigenvalue weighted by atomic mass is 35.5. The van der Waals surface area contributed by atoms with E-state index in [4.69, 9.17) is 23.2 Å². The number of aromatic nitrogens is 1. The first kappa shape index (κ1) is 17.8. The molecule has 4 heteroatoms. The van der Waals surface area contributed by atoms with Gasteiger partial charge in [-0.3, -0.25) is 0 Å². The van der Waals surface area contributed by atoms with Gasteiger partial charge in [0.05, 0.1) is 15.7 Å². The van der Waals surface area contributed by atoms with Gasteiger partial charge in [0.1, 0.15) is 5.52 Å². The van der Waals surface area contributed by atoms with Crippen LogP contribution in [0.15, 0.2) is 42.5 Å². The molecule has 3 aromatic rings. The van der Waals surface area contributed by atoms with Crippen molar-refractivity contribution in [1.29, 1.82) is 0 Å². The molecule has 0 saturated heterocycles. The van der Waals surface area contributed by atoms with Crippen molar-refractivity contribution in [1.82, 2.24) is 4.98 Å². The summed E-state index contributed by atoms with van der Waals surface area (Å²) in [7, 11) is 0. The molecule has 0 aliphatic heterocycles. The molecule has 0 amide bonds. The van der Waals surface area contributed by atoms with E-state index >= 15 is 0 Å². The second-order valence-corrected chi connectivity index (χ2v) is 7.84. The Bertz CT molecular complexity index is 954. The standard InChI is InChI=1S/C21H19Cl2NO/c1-21(2,3)14-7-4-13(5-8-14)6-9-15-10-11-16-17(22)12-18(23)20(25)19(16)24-15/h4-12,25H,1-3H3/b9-6+. The summed E-state index contributed by atoms with van der Waals surface area (Å²) in [5.74, 6) is -0.0501. The number of halogens is 2. The van der Waals surface area contributed by atoms with Gasteiger partial charge < -0.3 is 5.11 Å². The number of phenolic OH excluding ortho intramolecular Hbond substituents is 1. The van der Waals surface area contributed by atoms with E-state index in [0.29, 0.717) is 15.9 Å². The Morgan fingerprint density at radius 2 is 1.60 bits per heavy atom. The summed E-state index contributed by atoms with van der Waals surface area (Å²) in [6.07, 6.45) is 3.89. The molecule has 0 aliphatic rings. The number of fused-ring (bicyclic) bond motifs is 1. The lowest BCUT2D eigenvalue weighted by Crippen LogP contribution is -2.10. The Kier molecular flexibility index (Phi) is 4.77. The van der Waals surface area contributed by atoms with Crippen LogP contribution >= 0.6 is 23.2 Å². The fraction of sp³-hybridized carbons (Fsp3) is 0.190. The number of hydrogen-bond donors (Lipinski definition) is 1. The fourth-order valence-electron chi connectivity index (χ4n) is 2.59. The molecule has 0 atom stereocenters. The minimum atomic E-state index is -0.0501. The molecule has 25 heavy (non-hydrogen) atoms. The van der Waals surface area contributed by atoms with Crippen LogP contribution in [0.2, 0.25) is 10.0 Å². The molecule has 0 aliphatic carbocycles. The van der Waals surface area contributed by atoms with Gasteiger partial charge in [0.15, 0.2) is 5.75 Å². The lowest BCUT2D eigenvalue weighted by Gasteiger charge is -2.18. The average molecular weight is 372 g/mol. The van der Waals surface area contributed by atoms with Gasteiger partial charge in [-0.25, -0.2) is 4.98 Å². The molecule has 128 valence electrons. The first-order chi connectivity index (χ1) is 11.8. The number of benzene rings is 2. The largest absolute Gasteiger partial charge is 0.504 e. The molecular weight excluding hydrogens is 353 g/mol. The van der Waals surface area contributed by atoms with Crippen LogP contribution < -0.4 is 0 Å². The Labute approximate surface area is 157 Å².